The van der Waals surface area contributed by atoms with Crippen molar-refractivity contribution in [2.75, 3.05) is 20.6 Å². The number of halogens is 3. The molecule has 0 radical (unpaired) electrons. The molecule has 0 N–H and O–H groups in total. The van der Waals surface area contributed by atoms with Crippen LogP contribution in [0.1, 0.15) is 30.3 Å². The van der Waals surface area contributed by atoms with Crippen molar-refractivity contribution in [3.63, 3.8) is 0 Å². The minimum atomic E-state index is -4.64. The number of hydrogen-bond donors (Lipinski definition) is 0. The summed E-state index contributed by atoms with van der Waals surface area (Å²) in [6.07, 6.45) is -3.55. The van der Waals surface area contributed by atoms with E-state index in [9.17, 15) is 21.6 Å². The molecule has 1 atom stereocenters. The molecule has 29 heavy (non-hydrogen) atoms. The second-order valence-electron chi connectivity index (χ2n) is 6.90. The molecule has 0 spiro atoms. The number of hydrogen-bond acceptors (Lipinski definition) is 5. The van der Waals surface area contributed by atoms with Gasteiger partial charge in [-0.3, -0.25) is 0 Å². The van der Waals surface area contributed by atoms with Gasteiger partial charge in [-0.15, -0.1) is 11.3 Å². The molecule has 3 aromatic rings. The van der Waals surface area contributed by atoms with Gasteiger partial charge in [-0.2, -0.15) is 35.3 Å². The minimum absolute atomic E-state index is 0.0346. The second kappa shape index (κ2) is 7.04. The molecular formula is C17H18F3N5O2S2. The average molecular weight is 445 g/mol. The van der Waals surface area contributed by atoms with E-state index in [4.69, 9.17) is 0 Å². The molecule has 3 aromatic heterocycles. The van der Waals surface area contributed by atoms with E-state index in [0.29, 0.717) is 24.3 Å². The van der Waals surface area contributed by atoms with E-state index < -0.39 is 28.1 Å². The fourth-order valence-electron chi connectivity index (χ4n) is 3.43. The van der Waals surface area contributed by atoms with Gasteiger partial charge in [0.25, 0.3) is 10.2 Å². The highest BCUT2D eigenvalue weighted by atomic mass is 32.2. The number of alkyl halides is 3. The van der Waals surface area contributed by atoms with Crippen molar-refractivity contribution >= 4 is 27.2 Å². The largest absolute Gasteiger partial charge is 0.433 e. The Morgan fingerprint density at radius 2 is 2.03 bits per heavy atom. The van der Waals surface area contributed by atoms with E-state index in [1.165, 1.54) is 35.8 Å². The zero-order valence-corrected chi connectivity index (χ0v) is 17.2. The molecule has 1 saturated heterocycles. The van der Waals surface area contributed by atoms with Crippen molar-refractivity contribution in [2.45, 2.75) is 25.1 Å². The predicted octanol–water partition coefficient (Wildman–Crippen LogP) is 3.42. The topological polar surface area (TPSA) is 70.8 Å². The van der Waals surface area contributed by atoms with Gasteiger partial charge in [-0.1, -0.05) is 6.07 Å². The normalized spacial score (nSPS) is 18.9. The third-order valence-electron chi connectivity index (χ3n) is 4.81. The molecule has 12 heteroatoms. The lowest BCUT2D eigenvalue weighted by molar-refractivity contribution is -0.142. The molecule has 4 heterocycles. The van der Waals surface area contributed by atoms with Gasteiger partial charge in [-0.25, -0.2) is 9.50 Å². The van der Waals surface area contributed by atoms with Crippen molar-refractivity contribution in [3.8, 4) is 10.6 Å². The van der Waals surface area contributed by atoms with Crippen LogP contribution in [0.15, 0.2) is 29.6 Å². The Hall–Kier alpha value is -2.02. The summed E-state index contributed by atoms with van der Waals surface area (Å²) < 4.78 is 69.4. The van der Waals surface area contributed by atoms with Crippen molar-refractivity contribution in [1.82, 2.24) is 23.2 Å². The summed E-state index contributed by atoms with van der Waals surface area (Å²) in [5, 5.41) is 5.88. The van der Waals surface area contributed by atoms with Gasteiger partial charge < -0.3 is 0 Å². The quantitative estimate of drug-likeness (QED) is 0.617. The summed E-state index contributed by atoms with van der Waals surface area (Å²) in [5.74, 6) is 0. The van der Waals surface area contributed by atoms with Crippen LogP contribution in [0, 0.1) is 0 Å². The zero-order chi connectivity index (χ0) is 21.0. The van der Waals surface area contributed by atoms with Gasteiger partial charge in [0.2, 0.25) is 0 Å². The Morgan fingerprint density at radius 3 is 2.66 bits per heavy atom. The van der Waals surface area contributed by atoms with Crippen LogP contribution < -0.4 is 0 Å². The number of aromatic nitrogens is 3. The number of nitrogens with zero attached hydrogens (tertiary/aromatic N) is 5. The molecule has 0 unspecified atom stereocenters. The maximum atomic E-state index is 13.7. The van der Waals surface area contributed by atoms with Crippen LogP contribution in [-0.2, 0) is 16.4 Å². The first-order chi connectivity index (χ1) is 13.6. The van der Waals surface area contributed by atoms with Gasteiger partial charge in [0.15, 0.2) is 11.3 Å². The summed E-state index contributed by atoms with van der Waals surface area (Å²) in [7, 11) is -0.874. The minimum Gasteiger partial charge on any atom is -0.228 e. The van der Waals surface area contributed by atoms with Crippen LogP contribution in [0.5, 0.6) is 0 Å². The molecule has 4 rings (SSSR count). The van der Waals surface area contributed by atoms with E-state index in [2.05, 4.69) is 10.1 Å². The van der Waals surface area contributed by atoms with E-state index >= 15 is 0 Å². The highest BCUT2D eigenvalue weighted by molar-refractivity contribution is 7.86. The van der Waals surface area contributed by atoms with E-state index in [-0.39, 0.29) is 17.0 Å². The van der Waals surface area contributed by atoms with Crippen LogP contribution in [0.4, 0.5) is 13.2 Å². The molecule has 156 valence electrons. The Labute approximate surface area is 169 Å². The van der Waals surface area contributed by atoms with Gasteiger partial charge in [0.1, 0.15) is 0 Å². The summed E-state index contributed by atoms with van der Waals surface area (Å²) in [5.41, 5.74) is -0.450. The first kappa shape index (κ1) is 20.3. The second-order valence-corrected chi connectivity index (χ2v) is 9.94. The summed E-state index contributed by atoms with van der Waals surface area (Å²) in [6.45, 7) is 0.291. The van der Waals surface area contributed by atoms with Crippen LogP contribution >= 0.6 is 11.3 Å². The third-order valence-corrected chi connectivity index (χ3v) is 7.66. The molecule has 0 aliphatic carbocycles. The summed E-state index contributed by atoms with van der Waals surface area (Å²) in [6, 6.07) is 5.22. The van der Waals surface area contributed by atoms with Crippen molar-refractivity contribution in [3.05, 3.63) is 41.0 Å². The lowest BCUT2D eigenvalue weighted by Crippen LogP contribution is -2.39. The highest BCUT2D eigenvalue weighted by Crippen LogP contribution is 2.37. The summed E-state index contributed by atoms with van der Waals surface area (Å²) >= 11 is 1.29. The number of fused-ring (bicyclic) bond motifs is 1. The van der Waals surface area contributed by atoms with Crippen molar-refractivity contribution in [2.24, 2.45) is 0 Å². The van der Waals surface area contributed by atoms with Crippen LogP contribution in [-0.4, -0.2) is 52.3 Å². The average Bonchev–Trinajstić information content (AvgIpc) is 3.37. The number of rotatable bonds is 4. The van der Waals surface area contributed by atoms with Crippen LogP contribution in [0.2, 0.25) is 0 Å². The van der Waals surface area contributed by atoms with Gasteiger partial charge in [-0.05, 0) is 30.4 Å². The first-order valence-electron chi connectivity index (χ1n) is 8.80. The molecule has 0 bridgehead atoms. The monoisotopic (exact) mass is 445 g/mol. The maximum Gasteiger partial charge on any atom is 0.433 e. The number of thiophene rings is 1. The standard InChI is InChI=1S/C17H18F3N5O2S2/c1-23(2)29(26,27)24-7-3-5-13(24)11-10-16-21-12(14-6-4-8-28-14)9-15(17(18,19)20)25(16)22-11/h4,6,8-10,13H,3,5,7H2,1-2H3/t13-/m0/s1. The first-order valence-corrected chi connectivity index (χ1v) is 11.1. The smallest absolute Gasteiger partial charge is 0.228 e. The Balaban J connectivity index is 1.86. The fourth-order valence-corrected chi connectivity index (χ4v) is 5.43. The van der Waals surface area contributed by atoms with Crippen LogP contribution in [0.3, 0.4) is 0 Å². The van der Waals surface area contributed by atoms with Crippen molar-refractivity contribution < 1.29 is 21.6 Å². The lowest BCUT2D eigenvalue weighted by atomic mass is 10.2. The Kier molecular flexibility index (Phi) is 4.92. The van der Waals surface area contributed by atoms with E-state index in [0.717, 1.165) is 14.9 Å². The molecular weight excluding hydrogens is 427 g/mol. The molecule has 1 fully saturated rings. The molecule has 1 aliphatic rings. The third kappa shape index (κ3) is 3.54. The molecule has 1 aliphatic heterocycles. The Morgan fingerprint density at radius 1 is 1.28 bits per heavy atom. The molecule has 7 nitrogen and oxygen atoms in total. The lowest BCUT2D eigenvalue weighted by Gasteiger charge is -2.25. The van der Waals surface area contributed by atoms with E-state index in [1.54, 1.807) is 17.5 Å². The highest BCUT2D eigenvalue weighted by Gasteiger charge is 2.39. The molecule has 0 aromatic carbocycles. The van der Waals surface area contributed by atoms with E-state index in [1.807, 2.05) is 0 Å². The fraction of sp³-hybridized carbons (Fsp3) is 0.412. The van der Waals surface area contributed by atoms with Crippen LogP contribution in [0.25, 0.3) is 16.2 Å². The van der Waals surface area contributed by atoms with Gasteiger partial charge in [0, 0.05) is 26.7 Å². The Bertz CT molecular complexity index is 1140. The van der Waals surface area contributed by atoms with Crippen molar-refractivity contribution in [1.29, 1.82) is 0 Å². The summed E-state index contributed by atoms with van der Waals surface area (Å²) in [4.78, 5) is 4.95. The zero-order valence-electron chi connectivity index (χ0n) is 15.6. The molecule has 0 amide bonds. The van der Waals surface area contributed by atoms with Gasteiger partial charge >= 0.3 is 6.18 Å². The SMILES string of the molecule is CN(C)S(=O)(=O)N1CCC[C@H]1c1cc2nc(-c3cccs3)cc(C(F)(F)F)n2n1. The maximum absolute atomic E-state index is 13.7. The van der Waals surface area contributed by atoms with Gasteiger partial charge in [0.05, 0.1) is 22.3 Å². The molecule has 0 saturated carbocycles. The predicted molar refractivity (Wildman–Crippen MR) is 103 cm³/mol.